The van der Waals surface area contributed by atoms with Crippen molar-refractivity contribution in [2.45, 2.75) is 65.0 Å². The highest BCUT2D eigenvalue weighted by Gasteiger charge is 2.22. The molecule has 1 aliphatic rings. The average Bonchev–Trinajstić information content (AvgIpc) is 2.69. The Kier molecular flexibility index (Phi) is 9.09. The highest BCUT2D eigenvalue weighted by atomic mass is 16.5. The van der Waals surface area contributed by atoms with E-state index in [1.807, 2.05) is 0 Å². The lowest BCUT2D eigenvalue weighted by atomic mass is 10.2. The molecule has 4 nitrogen and oxygen atoms in total. The third kappa shape index (κ3) is 9.12. The summed E-state index contributed by atoms with van der Waals surface area (Å²) in [5.74, 6) is 0.459. The summed E-state index contributed by atoms with van der Waals surface area (Å²) in [6.07, 6.45) is 4.53. The van der Waals surface area contributed by atoms with Crippen LogP contribution in [0.25, 0.3) is 0 Å². The average molecular weight is 245 g/mol. The van der Waals surface area contributed by atoms with E-state index in [2.05, 4.69) is 20.8 Å². The van der Waals surface area contributed by atoms with Crippen LogP contribution in [-0.4, -0.2) is 29.8 Å². The van der Waals surface area contributed by atoms with Gasteiger partial charge in [0.2, 0.25) is 0 Å². The SMILES string of the molecule is CC(C)C.NC(CCO)C(=O)OC1CCCC1. The summed E-state index contributed by atoms with van der Waals surface area (Å²) in [4.78, 5) is 11.2. The van der Waals surface area contributed by atoms with Gasteiger partial charge in [0.25, 0.3) is 0 Å². The molecule has 102 valence electrons. The molecule has 0 heterocycles. The second-order valence-electron chi connectivity index (χ2n) is 5.19. The molecular weight excluding hydrogens is 218 g/mol. The van der Waals surface area contributed by atoms with E-state index in [0.29, 0.717) is 0 Å². The number of carbonyl (C=O) groups excluding carboxylic acids is 1. The molecule has 0 saturated heterocycles. The normalized spacial score (nSPS) is 17.5. The Balaban J connectivity index is 0.000000557. The summed E-state index contributed by atoms with van der Waals surface area (Å²) in [5, 5.41) is 8.56. The lowest BCUT2D eigenvalue weighted by Gasteiger charge is -2.14. The van der Waals surface area contributed by atoms with Crippen molar-refractivity contribution >= 4 is 5.97 Å². The number of hydrogen-bond acceptors (Lipinski definition) is 4. The largest absolute Gasteiger partial charge is 0.461 e. The topological polar surface area (TPSA) is 72.5 Å². The summed E-state index contributed by atoms with van der Waals surface area (Å²) in [5.41, 5.74) is 5.47. The Bertz CT molecular complexity index is 198. The van der Waals surface area contributed by atoms with Crippen LogP contribution in [0.4, 0.5) is 0 Å². The van der Waals surface area contributed by atoms with Gasteiger partial charge in [-0.25, -0.2) is 0 Å². The molecule has 1 aliphatic carbocycles. The summed E-state index contributed by atoms with van der Waals surface area (Å²) in [6, 6.07) is -0.661. The van der Waals surface area contributed by atoms with E-state index in [1.54, 1.807) is 0 Å². The van der Waals surface area contributed by atoms with E-state index in [-0.39, 0.29) is 25.1 Å². The highest BCUT2D eigenvalue weighted by Crippen LogP contribution is 2.21. The van der Waals surface area contributed by atoms with Gasteiger partial charge in [0.05, 0.1) is 0 Å². The smallest absolute Gasteiger partial charge is 0.323 e. The van der Waals surface area contributed by atoms with Gasteiger partial charge in [-0.2, -0.15) is 0 Å². The van der Waals surface area contributed by atoms with E-state index in [1.165, 1.54) is 0 Å². The monoisotopic (exact) mass is 245 g/mol. The van der Waals surface area contributed by atoms with Gasteiger partial charge in [-0.15, -0.1) is 0 Å². The molecule has 1 rings (SSSR count). The minimum absolute atomic E-state index is 0.0669. The number of aliphatic hydroxyl groups is 1. The molecule has 4 heteroatoms. The van der Waals surface area contributed by atoms with Crippen LogP contribution >= 0.6 is 0 Å². The summed E-state index contributed by atoms with van der Waals surface area (Å²) >= 11 is 0. The standard InChI is InChI=1S/C9H17NO3.C4H10/c10-8(5-6-11)9(12)13-7-3-1-2-4-7;1-4(2)3/h7-8,11H,1-6,10H2;4H,1-3H3. The van der Waals surface area contributed by atoms with Crippen LogP contribution in [0.15, 0.2) is 0 Å². The molecule has 0 aromatic rings. The maximum absolute atomic E-state index is 11.2. The Hall–Kier alpha value is -0.610. The van der Waals surface area contributed by atoms with Crippen LogP contribution < -0.4 is 5.73 Å². The van der Waals surface area contributed by atoms with E-state index in [9.17, 15) is 4.79 Å². The van der Waals surface area contributed by atoms with Gasteiger partial charge >= 0.3 is 5.97 Å². The molecule has 0 bridgehead atoms. The van der Waals surface area contributed by atoms with Crippen LogP contribution in [0, 0.1) is 5.92 Å². The summed E-state index contributed by atoms with van der Waals surface area (Å²) in [7, 11) is 0. The third-order valence-corrected chi connectivity index (χ3v) is 2.33. The van der Waals surface area contributed by atoms with Gasteiger partial charge in [-0.1, -0.05) is 20.8 Å². The maximum atomic E-state index is 11.2. The molecule has 1 fully saturated rings. The molecule has 0 spiro atoms. The second kappa shape index (κ2) is 9.42. The van der Waals surface area contributed by atoms with Gasteiger partial charge in [0, 0.05) is 6.61 Å². The fourth-order valence-electron chi connectivity index (χ4n) is 1.51. The van der Waals surface area contributed by atoms with Crippen LogP contribution in [0.2, 0.25) is 0 Å². The Morgan fingerprint density at radius 2 is 1.82 bits per heavy atom. The van der Waals surface area contributed by atoms with E-state index in [0.717, 1.165) is 31.6 Å². The van der Waals surface area contributed by atoms with Gasteiger partial charge < -0.3 is 15.6 Å². The molecule has 1 atom stereocenters. The number of ether oxygens (including phenoxy) is 1. The van der Waals surface area contributed by atoms with Crippen LogP contribution in [-0.2, 0) is 9.53 Å². The second-order valence-corrected chi connectivity index (χ2v) is 5.19. The summed E-state index contributed by atoms with van der Waals surface area (Å²) in [6.45, 7) is 6.43. The fraction of sp³-hybridized carbons (Fsp3) is 0.923. The van der Waals surface area contributed by atoms with Crippen molar-refractivity contribution in [2.24, 2.45) is 11.7 Å². The van der Waals surface area contributed by atoms with Crippen molar-refractivity contribution in [3.8, 4) is 0 Å². The van der Waals surface area contributed by atoms with E-state index >= 15 is 0 Å². The molecule has 0 aromatic carbocycles. The zero-order valence-electron chi connectivity index (χ0n) is 11.3. The number of hydrogen-bond donors (Lipinski definition) is 2. The molecule has 0 aromatic heterocycles. The van der Waals surface area contributed by atoms with Crippen molar-refractivity contribution < 1.29 is 14.6 Å². The first-order valence-electron chi connectivity index (χ1n) is 6.54. The molecule has 3 N–H and O–H groups in total. The van der Waals surface area contributed by atoms with Crippen LogP contribution in [0.1, 0.15) is 52.9 Å². The first-order chi connectivity index (χ1) is 7.97. The molecule has 0 aliphatic heterocycles. The lowest BCUT2D eigenvalue weighted by Crippen LogP contribution is -2.35. The molecule has 0 amide bonds. The Morgan fingerprint density at radius 3 is 2.24 bits per heavy atom. The van der Waals surface area contributed by atoms with E-state index in [4.69, 9.17) is 15.6 Å². The first kappa shape index (κ1) is 16.4. The number of rotatable bonds is 4. The quantitative estimate of drug-likeness (QED) is 0.741. The Labute approximate surface area is 105 Å². The first-order valence-corrected chi connectivity index (χ1v) is 6.54. The molecule has 0 radical (unpaired) electrons. The lowest BCUT2D eigenvalue weighted by molar-refractivity contribution is -0.150. The third-order valence-electron chi connectivity index (χ3n) is 2.33. The fourth-order valence-corrected chi connectivity index (χ4v) is 1.51. The predicted octanol–water partition coefficient (Wildman–Crippen LogP) is 1.84. The summed E-state index contributed by atoms with van der Waals surface area (Å²) < 4.78 is 5.15. The molecular formula is C13H27NO3. The minimum Gasteiger partial charge on any atom is -0.461 e. The van der Waals surface area contributed by atoms with Crippen molar-refractivity contribution in [1.29, 1.82) is 0 Å². The highest BCUT2D eigenvalue weighted by molar-refractivity contribution is 5.75. The zero-order valence-corrected chi connectivity index (χ0v) is 11.3. The molecule has 1 saturated carbocycles. The van der Waals surface area contributed by atoms with Crippen molar-refractivity contribution in [2.75, 3.05) is 6.61 Å². The van der Waals surface area contributed by atoms with Gasteiger partial charge in [-0.3, -0.25) is 4.79 Å². The minimum atomic E-state index is -0.661. The zero-order chi connectivity index (χ0) is 13.3. The van der Waals surface area contributed by atoms with E-state index < -0.39 is 6.04 Å². The van der Waals surface area contributed by atoms with Crippen molar-refractivity contribution in [3.05, 3.63) is 0 Å². The number of aliphatic hydroxyl groups excluding tert-OH is 1. The number of esters is 1. The number of nitrogens with two attached hydrogens (primary N) is 1. The van der Waals surface area contributed by atoms with Crippen molar-refractivity contribution in [1.82, 2.24) is 0 Å². The van der Waals surface area contributed by atoms with Crippen LogP contribution in [0.5, 0.6) is 0 Å². The maximum Gasteiger partial charge on any atom is 0.323 e. The molecule has 1 unspecified atom stereocenters. The molecule has 17 heavy (non-hydrogen) atoms. The van der Waals surface area contributed by atoms with Gasteiger partial charge in [0.15, 0.2) is 0 Å². The number of carbonyl (C=O) groups is 1. The van der Waals surface area contributed by atoms with Crippen molar-refractivity contribution in [3.63, 3.8) is 0 Å². The Morgan fingerprint density at radius 1 is 1.35 bits per heavy atom. The predicted molar refractivity (Wildman–Crippen MR) is 68.5 cm³/mol. The van der Waals surface area contributed by atoms with Crippen LogP contribution in [0.3, 0.4) is 0 Å². The van der Waals surface area contributed by atoms with Gasteiger partial charge in [-0.05, 0) is 38.0 Å². The van der Waals surface area contributed by atoms with Gasteiger partial charge in [0.1, 0.15) is 12.1 Å².